The second-order valence-corrected chi connectivity index (χ2v) is 5.80. The number of aromatic amines is 1. The van der Waals surface area contributed by atoms with Crippen LogP contribution in [0.1, 0.15) is 22.8 Å². The van der Waals surface area contributed by atoms with Gasteiger partial charge in [-0.3, -0.25) is 4.79 Å². The highest BCUT2D eigenvalue weighted by Crippen LogP contribution is 2.23. The number of nitrogens with one attached hydrogen (secondary N) is 2. The van der Waals surface area contributed by atoms with Crippen LogP contribution < -0.4 is 5.32 Å². The topological polar surface area (TPSA) is 44.9 Å². The van der Waals surface area contributed by atoms with Crippen LogP contribution in [-0.4, -0.2) is 10.9 Å². The fraction of sp³-hybridized carbons (Fsp3) is 0.118. The summed E-state index contributed by atoms with van der Waals surface area (Å²) in [6.07, 6.45) is 2.74. The number of anilines is 1. The third-order valence-corrected chi connectivity index (χ3v) is 4.01. The lowest BCUT2D eigenvalue weighted by atomic mass is 10.1. The molecule has 0 bridgehead atoms. The average molecular weight is 343 g/mol. The fourth-order valence-corrected chi connectivity index (χ4v) is 2.77. The number of aromatic nitrogens is 1. The van der Waals surface area contributed by atoms with Crippen LogP contribution in [0.2, 0.25) is 0 Å². The van der Waals surface area contributed by atoms with Crippen LogP contribution >= 0.6 is 15.9 Å². The first-order valence-corrected chi connectivity index (χ1v) is 7.63. The number of hydrogen-bond donors (Lipinski definition) is 2. The van der Waals surface area contributed by atoms with Crippen molar-refractivity contribution in [2.75, 3.05) is 5.32 Å². The minimum Gasteiger partial charge on any atom is -0.361 e. The number of amides is 1. The standard InChI is InChI=1S/C17H15BrN2O/c1-2-11-9-14(18)5-6-15(11)20-17(21)13-4-3-12-7-8-19-16(12)10-13/h3-10,19H,2H2,1H3,(H,20,21). The van der Waals surface area contributed by atoms with Gasteiger partial charge in [0.15, 0.2) is 0 Å². The molecule has 0 fully saturated rings. The highest BCUT2D eigenvalue weighted by atomic mass is 79.9. The van der Waals surface area contributed by atoms with Gasteiger partial charge in [0.05, 0.1) is 0 Å². The number of hydrogen-bond acceptors (Lipinski definition) is 1. The van der Waals surface area contributed by atoms with Crippen molar-refractivity contribution in [2.45, 2.75) is 13.3 Å². The minimum absolute atomic E-state index is 0.0940. The Kier molecular flexibility index (Phi) is 3.80. The third-order valence-electron chi connectivity index (χ3n) is 3.51. The van der Waals surface area contributed by atoms with Crippen LogP contribution in [0.4, 0.5) is 5.69 Å². The maximum absolute atomic E-state index is 12.4. The lowest BCUT2D eigenvalue weighted by Crippen LogP contribution is -2.13. The van der Waals surface area contributed by atoms with Gasteiger partial charge in [0.1, 0.15) is 0 Å². The molecule has 21 heavy (non-hydrogen) atoms. The zero-order chi connectivity index (χ0) is 14.8. The largest absolute Gasteiger partial charge is 0.361 e. The van der Waals surface area contributed by atoms with Gasteiger partial charge in [-0.15, -0.1) is 0 Å². The molecule has 3 rings (SSSR count). The molecule has 0 spiro atoms. The molecule has 0 aliphatic rings. The molecule has 106 valence electrons. The van der Waals surface area contributed by atoms with Crippen LogP contribution in [0, 0.1) is 0 Å². The normalized spacial score (nSPS) is 10.8. The van der Waals surface area contributed by atoms with Crippen LogP contribution in [-0.2, 0) is 6.42 Å². The molecule has 1 heterocycles. The zero-order valence-electron chi connectivity index (χ0n) is 11.6. The molecule has 1 aromatic heterocycles. The first-order chi connectivity index (χ1) is 10.2. The van der Waals surface area contributed by atoms with E-state index in [2.05, 4.69) is 33.2 Å². The highest BCUT2D eigenvalue weighted by molar-refractivity contribution is 9.10. The number of halogens is 1. The Morgan fingerprint density at radius 2 is 2.05 bits per heavy atom. The van der Waals surface area contributed by atoms with Gasteiger partial charge < -0.3 is 10.3 Å². The van der Waals surface area contributed by atoms with Crippen molar-refractivity contribution >= 4 is 38.4 Å². The minimum atomic E-state index is -0.0940. The highest BCUT2D eigenvalue weighted by Gasteiger charge is 2.10. The molecule has 0 radical (unpaired) electrons. The molecule has 0 atom stereocenters. The van der Waals surface area contributed by atoms with Gasteiger partial charge in [-0.25, -0.2) is 0 Å². The van der Waals surface area contributed by atoms with Crippen LogP contribution in [0.15, 0.2) is 53.1 Å². The van der Waals surface area contributed by atoms with Crippen molar-refractivity contribution in [1.82, 2.24) is 4.98 Å². The molecule has 0 unspecified atom stereocenters. The molecule has 1 amide bonds. The molecular formula is C17H15BrN2O. The van der Waals surface area contributed by atoms with Crippen molar-refractivity contribution in [2.24, 2.45) is 0 Å². The second-order valence-electron chi connectivity index (χ2n) is 4.89. The van der Waals surface area contributed by atoms with Crippen molar-refractivity contribution in [3.05, 3.63) is 64.3 Å². The quantitative estimate of drug-likeness (QED) is 0.709. The van der Waals surface area contributed by atoms with E-state index < -0.39 is 0 Å². The number of carbonyl (C=O) groups is 1. The summed E-state index contributed by atoms with van der Waals surface area (Å²) in [6.45, 7) is 2.07. The smallest absolute Gasteiger partial charge is 0.255 e. The van der Waals surface area contributed by atoms with E-state index in [1.165, 1.54) is 0 Å². The van der Waals surface area contributed by atoms with Crippen molar-refractivity contribution < 1.29 is 4.79 Å². The number of rotatable bonds is 3. The molecule has 2 aromatic carbocycles. The van der Waals surface area contributed by atoms with Crippen molar-refractivity contribution in [3.63, 3.8) is 0 Å². The molecule has 0 aliphatic heterocycles. The summed E-state index contributed by atoms with van der Waals surface area (Å²) >= 11 is 3.45. The molecule has 0 saturated carbocycles. The number of benzene rings is 2. The predicted octanol–water partition coefficient (Wildman–Crippen LogP) is 4.75. The maximum atomic E-state index is 12.4. The zero-order valence-corrected chi connectivity index (χ0v) is 13.2. The Labute approximate surface area is 131 Å². The average Bonchev–Trinajstić information content (AvgIpc) is 2.96. The van der Waals surface area contributed by atoms with Gasteiger partial charge in [-0.05, 0) is 53.8 Å². The van der Waals surface area contributed by atoms with Gasteiger partial charge in [0.2, 0.25) is 0 Å². The number of carbonyl (C=O) groups excluding carboxylic acids is 1. The van der Waals surface area contributed by atoms with Crippen LogP contribution in [0.5, 0.6) is 0 Å². The Hall–Kier alpha value is -2.07. The monoisotopic (exact) mass is 342 g/mol. The Morgan fingerprint density at radius 1 is 1.19 bits per heavy atom. The summed E-state index contributed by atoms with van der Waals surface area (Å²) in [7, 11) is 0. The van der Waals surface area contributed by atoms with E-state index in [-0.39, 0.29) is 5.91 Å². The summed E-state index contributed by atoms with van der Waals surface area (Å²) in [6, 6.07) is 13.5. The number of aryl methyl sites for hydroxylation is 1. The van der Waals surface area contributed by atoms with Gasteiger partial charge in [0, 0.05) is 27.4 Å². The Bertz CT molecular complexity index is 807. The molecule has 0 saturated heterocycles. The van der Waals surface area contributed by atoms with Crippen molar-refractivity contribution in [3.8, 4) is 0 Å². The summed E-state index contributed by atoms with van der Waals surface area (Å²) < 4.78 is 1.02. The van der Waals surface area contributed by atoms with E-state index >= 15 is 0 Å². The van der Waals surface area contributed by atoms with E-state index in [0.29, 0.717) is 5.56 Å². The van der Waals surface area contributed by atoms with E-state index in [4.69, 9.17) is 0 Å². The Morgan fingerprint density at radius 3 is 2.86 bits per heavy atom. The number of fused-ring (bicyclic) bond motifs is 1. The van der Waals surface area contributed by atoms with Gasteiger partial charge in [-0.1, -0.05) is 28.9 Å². The lowest BCUT2D eigenvalue weighted by molar-refractivity contribution is 0.102. The Balaban J connectivity index is 1.88. The summed E-state index contributed by atoms with van der Waals surface area (Å²) in [4.78, 5) is 15.5. The summed E-state index contributed by atoms with van der Waals surface area (Å²) in [5.74, 6) is -0.0940. The maximum Gasteiger partial charge on any atom is 0.255 e. The molecule has 3 nitrogen and oxygen atoms in total. The summed E-state index contributed by atoms with van der Waals surface area (Å²) in [5, 5.41) is 4.09. The van der Waals surface area contributed by atoms with Crippen LogP contribution in [0.25, 0.3) is 10.9 Å². The molecule has 0 aliphatic carbocycles. The van der Waals surface area contributed by atoms with E-state index in [1.54, 1.807) is 0 Å². The molecule has 4 heteroatoms. The summed E-state index contributed by atoms with van der Waals surface area (Å²) in [5.41, 5.74) is 3.58. The molecule has 3 aromatic rings. The SMILES string of the molecule is CCc1cc(Br)ccc1NC(=O)c1ccc2cc[nH]c2c1. The van der Waals surface area contributed by atoms with Crippen molar-refractivity contribution in [1.29, 1.82) is 0 Å². The first kappa shape index (κ1) is 13.9. The molecular weight excluding hydrogens is 328 g/mol. The van der Waals surface area contributed by atoms with Gasteiger partial charge >= 0.3 is 0 Å². The molecule has 2 N–H and O–H groups in total. The first-order valence-electron chi connectivity index (χ1n) is 6.84. The fourth-order valence-electron chi connectivity index (χ4n) is 2.36. The lowest BCUT2D eigenvalue weighted by Gasteiger charge is -2.10. The number of H-pyrrole nitrogens is 1. The van der Waals surface area contributed by atoms with Gasteiger partial charge in [-0.2, -0.15) is 0 Å². The van der Waals surface area contributed by atoms with E-state index in [1.807, 2.05) is 48.7 Å². The van der Waals surface area contributed by atoms with Crippen LogP contribution in [0.3, 0.4) is 0 Å². The van der Waals surface area contributed by atoms with E-state index in [9.17, 15) is 4.79 Å². The van der Waals surface area contributed by atoms with E-state index in [0.717, 1.165) is 33.0 Å². The van der Waals surface area contributed by atoms with Gasteiger partial charge in [0.25, 0.3) is 5.91 Å². The predicted molar refractivity (Wildman–Crippen MR) is 89.8 cm³/mol. The third kappa shape index (κ3) is 2.85. The second kappa shape index (κ2) is 5.74.